The van der Waals surface area contributed by atoms with E-state index in [0.29, 0.717) is 0 Å². The van der Waals surface area contributed by atoms with Gasteiger partial charge in [-0.05, 0) is 36.2 Å². The fraction of sp³-hybridized carbons (Fsp3) is 0.250. The van der Waals surface area contributed by atoms with E-state index >= 15 is 0 Å². The Hall–Kier alpha value is -1.65. The van der Waals surface area contributed by atoms with E-state index in [1.807, 2.05) is 24.3 Å². The topological polar surface area (TPSA) is 64.1 Å². The molecule has 0 aliphatic carbocycles. The summed E-state index contributed by atoms with van der Waals surface area (Å²) >= 11 is 0. The summed E-state index contributed by atoms with van der Waals surface area (Å²) in [7, 11) is 0. The van der Waals surface area contributed by atoms with Crippen molar-refractivity contribution in [2.24, 2.45) is 5.84 Å². The van der Waals surface area contributed by atoms with E-state index in [0.717, 1.165) is 18.6 Å². The zero-order valence-electron chi connectivity index (χ0n) is 8.97. The van der Waals surface area contributed by atoms with E-state index in [4.69, 9.17) is 10.3 Å². The monoisotopic (exact) mass is 217 g/mol. The zero-order chi connectivity index (χ0) is 11.2. The number of rotatable bonds is 5. The van der Waals surface area contributed by atoms with Crippen LogP contribution in [0.5, 0.6) is 0 Å². The lowest BCUT2D eigenvalue weighted by Crippen LogP contribution is -2.38. The molecule has 0 aliphatic heterocycles. The van der Waals surface area contributed by atoms with Crippen LogP contribution >= 0.6 is 0 Å². The minimum atomic E-state index is 0.175. The van der Waals surface area contributed by atoms with Crippen LogP contribution in [0.15, 0.2) is 47.3 Å². The second kappa shape index (κ2) is 5.44. The second-order valence-corrected chi connectivity index (χ2v) is 3.71. The van der Waals surface area contributed by atoms with Gasteiger partial charge in [-0.15, -0.1) is 0 Å². The summed E-state index contributed by atoms with van der Waals surface area (Å²) in [5.74, 6) is 6.47. The molecule has 1 atom stereocenters. The highest BCUT2D eigenvalue weighted by Gasteiger charge is 2.10. The van der Waals surface area contributed by atoms with E-state index in [1.54, 1.807) is 18.7 Å². The molecule has 2 aromatic rings. The van der Waals surface area contributed by atoms with Gasteiger partial charge in [0.25, 0.3) is 0 Å². The fourth-order valence-electron chi connectivity index (χ4n) is 1.66. The SMILES string of the molecule is NNC(Cc1ccncc1)Cc1ccco1. The molecule has 0 bridgehead atoms. The summed E-state index contributed by atoms with van der Waals surface area (Å²) < 4.78 is 5.30. The van der Waals surface area contributed by atoms with Crippen LogP contribution in [0.1, 0.15) is 11.3 Å². The molecule has 2 rings (SSSR count). The van der Waals surface area contributed by atoms with Gasteiger partial charge in [0, 0.05) is 24.9 Å². The third kappa shape index (κ3) is 2.92. The first-order valence-electron chi connectivity index (χ1n) is 5.26. The van der Waals surface area contributed by atoms with Gasteiger partial charge >= 0.3 is 0 Å². The Labute approximate surface area is 94.5 Å². The average Bonchev–Trinajstić information content (AvgIpc) is 2.82. The Balaban J connectivity index is 1.96. The molecule has 0 spiro atoms. The Kier molecular flexibility index (Phi) is 3.69. The summed E-state index contributed by atoms with van der Waals surface area (Å²) in [6.07, 6.45) is 6.90. The second-order valence-electron chi connectivity index (χ2n) is 3.71. The number of hydrazine groups is 1. The summed E-state index contributed by atoms with van der Waals surface area (Å²) in [4.78, 5) is 3.98. The van der Waals surface area contributed by atoms with Crippen molar-refractivity contribution in [2.45, 2.75) is 18.9 Å². The van der Waals surface area contributed by atoms with E-state index in [9.17, 15) is 0 Å². The summed E-state index contributed by atoms with van der Waals surface area (Å²) in [5.41, 5.74) is 4.02. The first kappa shape index (κ1) is 10.9. The molecule has 0 fully saturated rings. The van der Waals surface area contributed by atoms with Crippen molar-refractivity contribution in [1.82, 2.24) is 10.4 Å². The zero-order valence-corrected chi connectivity index (χ0v) is 8.97. The molecule has 0 aromatic carbocycles. The normalized spacial score (nSPS) is 12.6. The predicted molar refractivity (Wildman–Crippen MR) is 61.5 cm³/mol. The molecular formula is C12H15N3O. The molecule has 0 radical (unpaired) electrons. The van der Waals surface area contributed by atoms with Gasteiger partial charge in [-0.25, -0.2) is 0 Å². The Morgan fingerprint density at radius 1 is 1.25 bits per heavy atom. The Morgan fingerprint density at radius 3 is 2.69 bits per heavy atom. The number of hydrogen-bond acceptors (Lipinski definition) is 4. The fourth-order valence-corrected chi connectivity index (χ4v) is 1.66. The van der Waals surface area contributed by atoms with Crippen LogP contribution < -0.4 is 11.3 Å². The number of aromatic nitrogens is 1. The number of nitrogens with two attached hydrogens (primary N) is 1. The third-order valence-electron chi connectivity index (χ3n) is 2.49. The quantitative estimate of drug-likeness (QED) is 0.585. The van der Waals surface area contributed by atoms with Crippen molar-refractivity contribution >= 4 is 0 Å². The molecule has 3 N–H and O–H groups in total. The molecule has 0 amide bonds. The van der Waals surface area contributed by atoms with Gasteiger partial charge in [-0.1, -0.05) is 0 Å². The van der Waals surface area contributed by atoms with Crippen LogP contribution in [0.2, 0.25) is 0 Å². The molecule has 4 heteroatoms. The van der Waals surface area contributed by atoms with Crippen LogP contribution in [-0.4, -0.2) is 11.0 Å². The Morgan fingerprint density at radius 2 is 2.06 bits per heavy atom. The molecule has 0 aliphatic rings. The van der Waals surface area contributed by atoms with Crippen molar-refractivity contribution in [2.75, 3.05) is 0 Å². The highest BCUT2D eigenvalue weighted by molar-refractivity contribution is 5.12. The summed E-state index contributed by atoms with van der Waals surface area (Å²) in [6.45, 7) is 0. The highest BCUT2D eigenvalue weighted by Crippen LogP contribution is 2.08. The van der Waals surface area contributed by atoms with Gasteiger partial charge in [-0.3, -0.25) is 16.3 Å². The third-order valence-corrected chi connectivity index (χ3v) is 2.49. The van der Waals surface area contributed by atoms with Crippen molar-refractivity contribution < 1.29 is 4.42 Å². The van der Waals surface area contributed by atoms with Crippen LogP contribution in [0.4, 0.5) is 0 Å². The lowest BCUT2D eigenvalue weighted by Gasteiger charge is -2.14. The number of pyridine rings is 1. The standard InChI is InChI=1S/C12H15N3O/c13-15-11(9-12-2-1-7-16-12)8-10-3-5-14-6-4-10/h1-7,11,15H,8-9,13H2. The van der Waals surface area contributed by atoms with E-state index in [-0.39, 0.29) is 6.04 Å². The largest absolute Gasteiger partial charge is 0.469 e. The maximum Gasteiger partial charge on any atom is 0.105 e. The summed E-state index contributed by atoms with van der Waals surface area (Å²) in [5, 5.41) is 0. The lowest BCUT2D eigenvalue weighted by molar-refractivity contribution is 0.444. The van der Waals surface area contributed by atoms with E-state index in [1.165, 1.54) is 5.56 Å². The van der Waals surface area contributed by atoms with Crippen LogP contribution in [-0.2, 0) is 12.8 Å². The van der Waals surface area contributed by atoms with Gasteiger partial charge in [-0.2, -0.15) is 0 Å². The average molecular weight is 217 g/mol. The molecule has 4 nitrogen and oxygen atoms in total. The van der Waals surface area contributed by atoms with E-state index < -0.39 is 0 Å². The van der Waals surface area contributed by atoms with Gasteiger partial charge in [0.15, 0.2) is 0 Å². The molecule has 2 aromatic heterocycles. The minimum absolute atomic E-state index is 0.175. The lowest BCUT2D eigenvalue weighted by atomic mass is 10.0. The molecular weight excluding hydrogens is 202 g/mol. The molecule has 0 saturated carbocycles. The first-order valence-corrected chi connectivity index (χ1v) is 5.26. The molecule has 84 valence electrons. The number of furan rings is 1. The maximum absolute atomic E-state index is 5.53. The van der Waals surface area contributed by atoms with Crippen molar-refractivity contribution in [3.8, 4) is 0 Å². The molecule has 1 unspecified atom stereocenters. The van der Waals surface area contributed by atoms with Crippen LogP contribution in [0, 0.1) is 0 Å². The van der Waals surface area contributed by atoms with Gasteiger partial charge in [0.05, 0.1) is 6.26 Å². The van der Waals surface area contributed by atoms with Crippen molar-refractivity contribution in [1.29, 1.82) is 0 Å². The van der Waals surface area contributed by atoms with Crippen molar-refractivity contribution in [3.63, 3.8) is 0 Å². The van der Waals surface area contributed by atoms with Crippen LogP contribution in [0.25, 0.3) is 0 Å². The number of nitrogens with zero attached hydrogens (tertiary/aromatic N) is 1. The number of hydrogen-bond donors (Lipinski definition) is 2. The van der Waals surface area contributed by atoms with Crippen LogP contribution in [0.3, 0.4) is 0 Å². The molecule has 2 heterocycles. The van der Waals surface area contributed by atoms with Gasteiger partial charge < -0.3 is 4.42 Å². The van der Waals surface area contributed by atoms with Gasteiger partial charge in [0.2, 0.25) is 0 Å². The predicted octanol–water partition coefficient (Wildman–Crippen LogP) is 1.29. The molecule has 16 heavy (non-hydrogen) atoms. The van der Waals surface area contributed by atoms with E-state index in [2.05, 4.69) is 10.4 Å². The first-order chi connectivity index (χ1) is 7.88. The Bertz CT molecular complexity index is 399. The smallest absolute Gasteiger partial charge is 0.105 e. The highest BCUT2D eigenvalue weighted by atomic mass is 16.3. The number of nitrogens with one attached hydrogen (secondary N) is 1. The van der Waals surface area contributed by atoms with Gasteiger partial charge in [0.1, 0.15) is 5.76 Å². The van der Waals surface area contributed by atoms with Crippen molar-refractivity contribution in [3.05, 3.63) is 54.2 Å². The summed E-state index contributed by atoms with van der Waals surface area (Å²) in [6, 6.07) is 8.00. The molecule has 0 saturated heterocycles. The maximum atomic E-state index is 5.53. The minimum Gasteiger partial charge on any atom is -0.469 e.